The number of pyridine rings is 1. The molecule has 0 aromatic carbocycles. The summed E-state index contributed by atoms with van der Waals surface area (Å²) < 4.78 is 5.18. The number of fused-ring (bicyclic) bond motifs is 3. The zero-order valence-corrected chi connectivity index (χ0v) is 18.1. The Labute approximate surface area is 179 Å². The third-order valence-electron chi connectivity index (χ3n) is 5.51. The van der Waals surface area contributed by atoms with Crippen LogP contribution in [0.3, 0.4) is 0 Å². The van der Waals surface area contributed by atoms with Crippen molar-refractivity contribution in [2.45, 2.75) is 19.9 Å². The van der Waals surface area contributed by atoms with Crippen LogP contribution in [0.2, 0.25) is 0 Å². The first kappa shape index (κ1) is 20.5. The Morgan fingerprint density at radius 2 is 2.10 bits per heavy atom. The van der Waals surface area contributed by atoms with Gasteiger partial charge in [-0.2, -0.15) is 0 Å². The summed E-state index contributed by atoms with van der Waals surface area (Å²) in [7, 11) is 3.26. The smallest absolute Gasteiger partial charge is 0.257 e. The molecule has 30 heavy (non-hydrogen) atoms. The molecule has 2 aliphatic rings. The lowest BCUT2D eigenvalue weighted by Crippen LogP contribution is -2.39. The molecule has 0 radical (unpaired) electrons. The predicted octanol–water partition coefficient (Wildman–Crippen LogP) is 1.97. The highest BCUT2D eigenvalue weighted by atomic mass is 32.1. The number of carbonyl (C=O) groups excluding carboxylic acids is 3. The average molecular weight is 429 g/mol. The van der Waals surface area contributed by atoms with Crippen LogP contribution in [0.4, 0.5) is 10.8 Å². The number of Topliss-reactive ketones (excluding diaryl/α,β-unsaturated/α-hetero) is 1. The number of likely N-dealkylation sites (N-methyl/N-ethyl adjacent to an activating group) is 1. The van der Waals surface area contributed by atoms with Gasteiger partial charge in [-0.25, -0.2) is 4.98 Å². The van der Waals surface area contributed by atoms with E-state index in [1.807, 2.05) is 0 Å². The zero-order chi connectivity index (χ0) is 21.4. The van der Waals surface area contributed by atoms with Crippen molar-refractivity contribution in [1.29, 1.82) is 0 Å². The van der Waals surface area contributed by atoms with E-state index in [0.717, 1.165) is 16.3 Å². The molecular weight excluding hydrogens is 404 g/mol. The Morgan fingerprint density at radius 3 is 2.83 bits per heavy atom. The molecule has 158 valence electrons. The third kappa shape index (κ3) is 3.59. The fourth-order valence-corrected chi connectivity index (χ4v) is 5.28. The lowest BCUT2D eigenvalue weighted by atomic mass is 10.0. The molecule has 9 heteroatoms. The van der Waals surface area contributed by atoms with Gasteiger partial charge in [0.25, 0.3) is 5.91 Å². The number of thiophene rings is 1. The van der Waals surface area contributed by atoms with Gasteiger partial charge in [-0.1, -0.05) is 0 Å². The normalized spacial score (nSPS) is 16.4. The second-order valence-electron chi connectivity index (χ2n) is 7.51. The number of amides is 2. The quantitative estimate of drug-likeness (QED) is 0.677. The summed E-state index contributed by atoms with van der Waals surface area (Å²) in [6.07, 6.45) is 2.33. The largest absolute Gasteiger partial charge is 0.383 e. The van der Waals surface area contributed by atoms with E-state index in [1.165, 1.54) is 23.2 Å². The number of aromatic nitrogens is 1. The van der Waals surface area contributed by atoms with Crippen LogP contribution >= 0.6 is 11.3 Å². The van der Waals surface area contributed by atoms with Crippen LogP contribution in [-0.2, 0) is 22.5 Å². The Bertz CT molecular complexity index is 1020. The van der Waals surface area contributed by atoms with Crippen LogP contribution in [-0.4, -0.2) is 67.9 Å². The summed E-state index contributed by atoms with van der Waals surface area (Å²) in [5, 5.41) is 0.712. The zero-order valence-electron chi connectivity index (χ0n) is 17.3. The number of anilines is 2. The predicted molar refractivity (Wildman–Crippen MR) is 115 cm³/mol. The molecule has 0 bridgehead atoms. The standard InChI is InChI=1S/C21H24N4O4S/c1-13(26)14-4-6-22-17(10-14)24-7-5-15-16(11-24)30-21-19(15)20(28)23(2)12-18(27)25(21)8-9-29-3/h4,6,10H,5,7-9,11-12H2,1-3H3. The maximum Gasteiger partial charge on any atom is 0.257 e. The van der Waals surface area contributed by atoms with Crippen LogP contribution in [0.5, 0.6) is 0 Å². The Balaban J connectivity index is 1.71. The number of carbonyl (C=O) groups is 3. The van der Waals surface area contributed by atoms with Crippen molar-refractivity contribution in [2.75, 3.05) is 50.2 Å². The highest BCUT2D eigenvalue weighted by molar-refractivity contribution is 7.17. The van der Waals surface area contributed by atoms with Crippen molar-refractivity contribution >= 4 is 39.8 Å². The number of hydrogen-bond donors (Lipinski definition) is 0. The molecule has 4 rings (SSSR count). The second kappa shape index (κ2) is 8.16. The minimum Gasteiger partial charge on any atom is -0.383 e. The number of ketones is 1. The van der Waals surface area contributed by atoms with Gasteiger partial charge >= 0.3 is 0 Å². The number of nitrogens with zero attached hydrogens (tertiary/aromatic N) is 4. The molecule has 0 saturated heterocycles. The van der Waals surface area contributed by atoms with Crippen LogP contribution in [0.15, 0.2) is 18.3 Å². The highest BCUT2D eigenvalue weighted by Gasteiger charge is 2.36. The molecule has 0 aliphatic carbocycles. The van der Waals surface area contributed by atoms with Gasteiger partial charge in [0.1, 0.15) is 17.4 Å². The molecule has 0 saturated carbocycles. The molecule has 2 aliphatic heterocycles. The first-order chi connectivity index (χ1) is 14.4. The number of methoxy groups -OCH3 is 1. The number of hydrogen-bond acceptors (Lipinski definition) is 7. The molecule has 4 heterocycles. The fourth-order valence-electron chi connectivity index (χ4n) is 3.88. The number of rotatable bonds is 5. The van der Waals surface area contributed by atoms with Crippen molar-refractivity contribution in [3.05, 3.63) is 39.9 Å². The minimum absolute atomic E-state index is 0.000109. The summed E-state index contributed by atoms with van der Waals surface area (Å²) >= 11 is 1.49. The summed E-state index contributed by atoms with van der Waals surface area (Å²) in [5.41, 5.74) is 2.29. The van der Waals surface area contributed by atoms with Crippen molar-refractivity contribution in [3.63, 3.8) is 0 Å². The van der Waals surface area contributed by atoms with Crippen LogP contribution < -0.4 is 9.80 Å². The van der Waals surface area contributed by atoms with E-state index in [-0.39, 0.29) is 24.1 Å². The van der Waals surface area contributed by atoms with Crippen LogP contribution in [0, 0.1) is 0 Å². The summed E-state index contributed by atoms with van der Waals surface area (Å²) in [4.78, 5) is 48.3. The van der Waals surface area contributed by atoms with Crippen molar-refractivity contribution in [2.24, 2.45) is 0 Å². The molecule has 0 N–H and O–H groups in total. The van der Waals surface area contributed by atoms with Gasteiger partial charge in [-0.15, -0.1) is 11.3 Å². The summed E-state index contributed by atoms with van der Waals surface area (Å²) in [6, 6.07) is 3.52. The summed E-state index contributed by atoms with van der Waals surface area (Å²) in [5.74, 6) is 0.529. The van der Waals surface area contributed by atoms with Gasteiger partial charge in [-0.3, -0.25) is 19.3 Å². The second-order valence-corrected chi connectivity index (χ2v) is 8.60. The minimum atomic E-state index is -0.110. The first-order valence-corrected chi connectivity index (χ1v) is 10.6. The van der Waals surface area contributed by atoms with Crippen LogP contribution in [0.1, 0.15) is 38.1 Å². The molecule has 8 nitrogen and oxygen atoms in total. The van der Waals surface area contributed by atoms with Crippen LogP contribution in [0.25, 0.3) is 0 Å². The van der Waals surface area contributed by atoms with Gasteiger partial charge in [0, 0.05) is 37.3 Å². The van der Waals surface area contributed by atoms with Crippen molar-refractivity contribution in [3.8, 4) is 0 Å². The molecule has 0 unspecified atom stereocenters. The Hall–Kier alpha value is -2.78. The highest BCUT2D eigenvalue weighted by Crippen LogP contribution is 2.41. The molecule has 2 aromatic rings. The van der Waals surface area contributed by atoms with Gasteiger partial charge in [0.05, 0.1) is 25.3 Å². The Kier molecular flexibility index (Phi) is 5.57. The van der Waals surface area contributed by atoms with Crippen molar-refractivity contribution in [1.82, 2.24) is 9.88 Å². The van der Waals surface area contributed by atoms with E-state index >= 15 is 0 Å². The molecule has 0 atom stereocenters. The first-order valence-electron chi connectivity index (χ1n) is 9.82. The van der Waals surface area contributed by atoms with Gasteiger partial charge in [0.15, 0.2) is 5.78 Å². The van der Waals surface area contributed by atoms with Gasteiger partial charge in [-0.05, 0) is 31.0 Å². The van der Waals surface area contributed by atoms with E-state index < -0.39 is 0 Å². The molecule has 2 aromatic heterocycles. The van der Waals surface area contributed by atoms with E-state index in [0.29, 0.717) is 48.8 Å². The molecular formula is C21H24N4O4S. The van der Waals surface area contributed by atoms with Gasteiger partial charge in [0.2, 0.25) is 5.91 Å². The lowest BCUT2D eigenvalue weighted by Gasteiger charge is -2.28. The number of ether oxygens (including phenoxy) is 1. The monoisotopic (exact) mass is 428 g/mol. The van der Waals surface area contributed by atoms with E-state index in [9.17, 15) is 14.4 Å². The molecule has 0 fully saturated rings. The SMILES string of the molecule is COCCN1C(=O)CN(C)C(=O)c2c1sc1c2CCN(c2cc(C(C)=O)ccn2)C1. The lowest BCUT2D eigenvalue weighted by molar-refractivity contribution is -0.119. The van der Waals surface area contributed by atoms with E-state index in [2.05, 4.69) is 9.88 Å². The molecule has 2 amide bonds. The van der Waals surface area contributed by atoms with Gasteiger partial charge < -0.3 is 14.5 Å². The fraction of sp³-hybridized carbons (Fsp3) is 0.429. The summed E-state index contributed by atoms with van der Waals surface area (Å²) in [6.45, 7) is 3.69. The Morgan fingerprint density at radius 1 is 1.30 bits per heavy atom. The van der Waals surface area contributed by atoms with Crippen molar-refractivity contribution < 1.29 is 19.1 Å². The average Bonchev–Trinajstić information content (AvgIpc) is 3.08. The molecule has 0 spiro atoms. The topological polar surface area (TPSA) is 83.0 Å². The van der Waals surface area contributed by atoms with E-state index in [1.54, 1.807) is 37.4 Å². The maximum absolute atomic E-state index is 13.1. The third-order valence-corrected chi connectivity index (χ3v) is 6.75. The maximum atomic E-state index is 13.1. The van der Waals surface area contributed by atoms with E-state index in [4.69, 9.17) is 4.74 Å².